The lowest BCUT2D eigenvalue weighted by atomic mass is 10.2. The first-order valence-electron chi connectivity index (χ1n) is 9.32. The smallest absolute Gasteiger partial charge is 0.254 e. The molecule has 0 saturated carbocycles. The van der Waals surface area contributed by atoms with Crippen LogP contribution in [0.15, 0.2) is 63.0 Å². The zero-order chi connectivity index (χ0) is 21.6. The Bertz CT molecular complexity index is 1000. The van der Waals surface area contributed by atoms with E-state index in [-0.39, 0.29) is 17.3 Å². The molecule has 1 aliphatic rings. The van der Waals surface area contributed by atoms with E-state index in [1.54, 1.807) is 43.7 Å². The topological polar surface area (TPSA) is 91.3 Å². The summed E-state index contributed by atoms with van der Waals surface area (Å²) in [5.41, 5.74) is 3.31. The van der Waals surface area contributed by atoms with Crippen LogP contribution in [0.5, 0.6) is 5.75 Å². The van der Waals surface area contributed by atoms with Gasteiger partial charge in [0.05, 0.1) is 24.8 Å². The average molecular weight is 495 g/mol. The second-order valence-corrected chi connectivity index (χ2v) is 9.56. The van der Waals surface area contributed by atoms with Gasteiger partial charge in [-0.2, -0.15) is 9.41 Å². The minimum absolute atomic E-state index is 0.154. The molecule has 1 fully saturated rings. The number of hydrazone groups is 1. The molecule has 30 heavy (non-hydrogen) atoms. The van der Waals surface area contributed by atoms with Gasteiger partial charge < -0.3 is 4.74 Å². The lowest BCUT2D eigenvalue weighted by Crippen LogP contribution is -2.50. The van der Waals surface area contributed by atoms with E-state index >= 15 is 0 Å². The standard InChI is InChI=1S/C20H23BrN4O4S/c1-29-18-4-2-3-16(13-18)14-22-23-20(26)15-24-9-11-25(12-10-24)30(27,28)19-7-5-17(21)6-8-19/h2-8,13-14H,9-12,15H2,1H3,(H,23,26)/b22-14+. The third-order valence-electron chi connectivity index (χ3n) is 4.65. The molecule has 0 bridgehead atoms. The number of halogens is 1. The van der Waals surface area contributed by atoms with Crippen LogP contribution in [0.4, 0.5) is 0 Å². The highest BCUT2D eigenvalue weighted by Gasteiger charge is 2.28. The highest BCUT2D eigenvalue weighted by atomic mass is 79.9. The van der Waals surface area contributed by atoms with Gasteiger partial charge >= 0.3 is 0 Å². The van der Waals surface area contributed by atoms with Crippen LogP contribution in [0.2, 0.25) is 0 Å². The van der Waals surface area contributed by atoms with Crippen LogP contribution >= 0.6 is 15.9 Å². The molecule has 10 heteroatoms. The van der Waals surface area contributed by atoms with Crippen LogP contribution in [0.3, 0.4) is 0 Å². The van der Waals surface area contributed by atoms with Crippen molar-refractivity contribution in [3.8, 4) is 5.75 Å². The van der Waals surface area contributed by atoms with Gasteiger partial charge in [-0.1, -0.05) is 28.1 Å². The molecule has 2 aromatic carbocycles. The van der Waals surface area contributed by atoms with Crippen molar-refractivity contribution in [2.75, 3.05) is 39.8 Å². The molecule has 1 N–H and O–H groups in total. The summed E-state index contributed by atoms with van der Waals surface area (Å²) in [6.07, 6.45) is 1.54. The van der Waals surface area contributed by atoms with Crippen molar-refractivity contribution >= 4 is 38.1 Å². The molecule has 1 heterocycles. The van der Waals surface area contributed by atoms with Gasteiger partial charge in [0, 0.05) is 30.7 Å². The van der Waals surface area contributed by atoms with Crippen molar-refractivity contribution in [2.45, 2.75) is 4.90 Å². The monoisotopic (exact) mass is 494 g/mol. The van der Waals surface area contributed by atoms with Crippen LogP contribution in [0, 0.1) is 0 Å². The van der Waals surface area contributed by atoms with Gasteiger partial charge in [0.15, 0.2) is 0 Å². The quantitative estimate of drug-likeness (QED) is 0.468. The third kappa shape index (κ3) is 5.88. The highest BCUT2D eigenvalue weighted by Crippen LogP contribution is 2.20. The first-order valence-corrected chi connectivity index (χ1v) is 11.6. The van der Waals surface area contributed by atoms with E-state index in [1.165, 1.54) is 4.31 Å². The van der Waals surface area contributed by atoms with E-state index in [2.05, 4.69) is 26.5 Å². The van der Waals surface area contributed by atoms with Gasteiger partial charge in [-0.25, -0.2) is 13.8 Å². The predicted molar refractivity (Wildman–Crippen MR) is 118 cm³/mol. The number of rotatable bonds is 7. The molecule has 0 unspecified atom stereocenters. The Morgan fingerprint density at radius 1 is 1.17 bits per heavy atom. The summed E-state index contributed by atoms with van der Waals surface area (Å²) in [5, 5.41) is 3.97. The molecular weight excluding hydrogens is 472 g/mol. The molecular formula is C20H23BrN4O4S. The normalized spacial score (nSPS) is 15.9. The number of benzene rings is 2. The number of carbonyl (C=O) groups excluding carboxylic acids is 1. The van der Waals surface area contributed by atoms with Gasteiger partial charge in [-0.05, 0) is 42.0 Å². The second kappa shape index (κ2) is 10.2. The van der Waals surface area contributed by atoms with Crippen molar-refractivity contribution in [3.05, 3.63) is 58.6 Å². The van der Waals surface area contributed by atoms with Crippen molar-refractivity contribution in [1.82, 2.24) is 14.6 Å². The molecule has 0 atom stereocenters. The van der Waals surface area contributed by atoms with E-state index < -0.39 is 10.0 Å². The minimum atomic E-state index is -3.53. The number of sulfonamides is 1. The molecule has 1 saturated heterocycles. The number of amides is 1. The zero-order valence-electron chi connectivity index (χ0n) is 16.5. The summed E-state index contributed by atoms with van der Waals surface area (Å²) < 4.78 is 32.9. The molecule has 1 amide bonds. The largest absolute Gasteiger partial charge is 0.497 e. The van der Waals surface area contributed by atoms with Gasteiger partial charge in [0.25, 0.3) is 5.91 Å². The van der Waals surface area contributed by atoms with Gasteiger partial charge in [-0.15, -0.1) is 0 Å². The fourth-order valence-electron chi connectivity index (χ4n) is 3.02. The number of ether oxygens (including phenoxy) is 1. The van der Waals surface area contributed by atoms with Crippen molar-refractivity contribution in [2.24, 2.45) is 5.10 Å². The summed E-state index contributed by atoms with van der Waals surface area (Å²) in [4.78, 5) is 14.3. The Balaban J connectivity index is 1.47. The number of methoxy groups -OCH3 is 1. The lowest BCUT2D eigenvalue weighted by Gasteiger charge is -2.33. The van der Waals surface area contributed by atoms with E-state index in [0.29, 0.717) is 31.9 Å². The average Bonchev–Trinajstić information content (AvgIpc) is 2.74. The van der Waals surface area contributed by atoms with E-state index in [1.807, 2.05) is 23.1 Å². The summed E-state index contributed by atoms with van der Waals surface area (Å²) in [5.74, 6) is 0.458. The summed E-state index contributed by atoms with van der Waals surface area (Å²) in [7, 11) is -1.94. The van der Waals surface area contributed by atoms with Crippen LogP contribution in [-0.2, 0) is 14.8 Å². The number of nitrogens with zero attached hydrogens (tertiary/aromatic N) is 3. The zero-order valence-corrected chi connectivity index (χ0v) is 18.9. The first kappa shape index (κ1) is 22.4. The minimum Gasteiger partial charge on any atom is -0.497 e. The lowest BCUT2D eigenvalue weighted by molar-refractivity contribution is -0.122. The van der Waals surface area contributed by atoms with Crippen molar-refractivity contribution < 1.29 is 17.9 Å². The molecule has 160 valence electrons. The van der Waals surface area contributed by atoms with E-state index in [4.69, 9.17) is 4.74 Å². The molecule has 3 rings (SSSR count). The van der Waals surface area contributed by atoms with Gasteiger partial charge in [-0.3, -0.25) is 9.69 Å². The molecule has 1 aliphatic heterocycles. The van der Waals surface area contributed by atoms with E-state index in [9.17, 15) is 13.2 Å². The van der Waals surface area contributed by atoms with Crippen LogP contribution in [-0.4, -0.2) is 69.6 Å². The summed E-state index contributed by atoms with van der Waals surface area (Å²) in [6.45, 7) is 1.77. The third-order valence-corrected chi connectivity index (χ3v) is 7.09. The maximum atomic E-state index is 12.7. The number of nitrogens with one attached hydrogen (secondary N) is 1. The highest BCUT2D eigenvalue weighted by molar-refractivity contribution is 9.10. The number of hydrogen-bond donors (Lipinski definition) is 1. The summed E-state index contributed by atoms with van der Waals surface area (Å²) in [6, 6.07) is 13.9. The summed E-state index contributed by atoms with van der Waals surface area (Å²) >= 11 is 3.31. The van der Waals surface area contributed by atoms with Crippen LogP contribution in [0.25, 0.3) is 0 Å². The molecule has 0 aromatic heterocycles. The Morgan fingerprint density at radius 3 is 2.53 bits per heavy atom. The predicted octanol–water partition coefficient (Wildman–Crippen LogP) is 1.91. The molecule has 0 radical (unpaired) electrons. The fourth-order valence-corrected chi connectivity index (χ4v) is 4.71. The van der Waals surface area contributed by atoms with Crippen molar-refractivity contribution in [3.63, 3.8) is 0 Å². The maximum Gasteiger partial charge on any atom is 0.254 e. The molecule has 2 aromatic rings. The maximum absolute atomic E-state index is 12.7. The molecule has 0 aliphatic carbocycles. The van der Waals surface area contributed by atoms with Gasteiger partial charge in [0.1, 0.15) is 5.75 Å². The van der Waals surface area contributed by atoms with E-state index in [0.717, 1.165) is 10.0 Å². The van der Waals surface area contributed by atoms with Crippen LogP contribution < -0.4 is 10.2 Å². The molecule has 0 spiro atoms. The fraction of sp³-hybridized carbons (Fsp3) is 0.300. The Labute approximate surface area is 184 Å². The molecule has 8 nitrogen and oxygen atoms in total. The SMILES string of the molecule is COc1cccc(/C=N/NC(=O)CN2CCN(S(=O)(=O)c3ccc(Br)cc3)CC2)c1. The first-order chi connectivity index (χ1) is 14.4. The van der Waals surface area contributed by atoms with Crippen molar-refractivity contribution in [1.29, 1.82) is 0 Å². The van der Waals surface area contributed by atoms with Crippen LogP contribution in [0.1, 0.15) is 5.56 Å². The second-order valence-electron chi connectivity index (χ2n) is 6.70. The Kier molecular flexibility index (Phi) is 7.59. The Morgan fingerprint density at radius 2 is 1.87 bits per heavy atom. The van der Waals surface area contributed by atoms with Gasteiger partial charge in [0.2, 0.25) is 10.0 Å². The number of carbonyl (C=O) groups is 1. The Hall–Kier alpha value is -2.27. The number of hydrogen-bond acceptors (Lipinski definition) is 6. The number of piperazine rings is 1.